The minimum atomic E-state index is -0.165. The Balaban J connectivity index is 3.53. The molecule has 0 radical (unpaired) electrons. The molecule has 0 heterocycles. The molecule has 0 spiro atoms. The smallest absolute Gasteiger partial charge is 0.0607 e. The molecule has 1 atom stereocenters. The van der Waals surface area contributed by atoms with E-state index in [1.807, 2.05) is 0 Å². The lowest BCUT2D eigenvalue weighted by Crippen LogP contribution is -2.41. The molecule has 0 amide bonds. The lowest BCUT2D eigenvalue weighted by Gasteiger charge is -2.20. The lowest BCUT2D eigenvalue weighted by molar-refractivity contribution is 0.161. The van der Waals surface area contributed by atoms with Gasteiger partial charge in [0.05, 0.1) is 19.3 Å². The quantitative estimate of drug-likeness (QED) is 0.554. The first-order chi connectivity index (χ1) is 6.10. The van der Waals surface area contributed by atoms with Crippen molar-refractivity contribution in [1.82, 2.24) is 5.32 Å². The third-order valence-corrected chi connectivity index (χ3v) is 2.14. The summed E-state index contributed by atoms with van der Waals surface area (Å²) >= 11 is 0. The maximum absolute atomic E-state index is 8.83. The first-order valence-electron chi connectivity index (χ1n) is 5.07. The molecule has 3 N–H and O–H groups in total. The van der Waals surface area contributed by atoms with Gasteiger partial charge < -0.3 is 15.5 Å². The standard InChI is InChI=1S/C10H23NO2/c1-8(2)4-5-9(3)11-10(6-12)7-13/h8-13H,4-7H2,1-3H3/t9-/m0/s1. The van der Waals surface area contributed by atoms with Crippen molar-refractivity contribution in [2.45, 2.75) is 45.7 Å². The molecule has 0 aliphatic carbocycles. The van der Waals surface area contributed by atoms with Crippen LogP contribution in [0.1, 0.15) is 33.6 Å². The van der Waals surface area contributed by atoms with Crippen LogP contribution in [-0.4, -0.2) is 35.5 Å². The summed E-state index contributed by atoms with van der Waals surface area (Å²) in [5.74, 6) is 0.714. The number of nitrogens with one attached hydrogen (secondary N) is 1. The van der Waals surface area contributed by atoms with Crippen LogP contribution in [0, 0.1) is 5.92 Å². The molecule has 0 aromatic heterocycles. The largest absolute Gasteiger partial charge is 0.395 e. The molecular weight excluding hydrogens is 166 g/mol. The van der Waals surface area contributed by atoms with Crippen LogP contribution in [0.3, 0.4) is 0 Å². The van der Waals surface area contributed by atoms with Crippen molar-refractivity contribution in [2.75, 3.05) is 13.2 Å². The molecule has 13 heavy (non-hydrogen) atoms. The van der Waals surface area contributed by atoms with Crippen molar-refractivity contribution in [1.29, 1.82) is 0 Å². The highest BCUT2D eigenvalue weighted by atomic mass is 16.3. The normalized spacial score (nSPS) is 14.1. The van der Waals surface area contributed by atoms with E-state index >= 15 is 0 Å². The summed E-state index contributed by atoms with van der Waals surface area (Å²) in [4.78, 5) is 0. The van der Waals surface area contributed by atoms with Gasteiger partial charge in [0, 0.05) is 6.04 Å². The monoisotopic (exact) mass is 189 g/mol. The number of hydrogen-bond acceptors (Lipinski definition) is 3. The van der Waals surface area contributed by atoms with E-state index in [0.717, 1.165) is 6.42 Å². The number of hydrogen-bond donors (Lipinski definition) is 3. The first-order valence-corrected chi connectivity index (χ1v) is 5.07. The van der Waals surface area contributed by atoms with E-state index in [1.165, 1.54) is 6.42 Å². The van der Waals surface area contributed by atoms with Gasteiger partial charge in [-0.1, -0.05) is 13.8 Å². The van der Waals surface area contributed by atoms with Gasteiger partial charge in [-0.3, -0.25) is 0 Å². The molecule has 0 unspecified atom stereocenters. The molecule has 0 fully saturated rings. The molecule has 0 saturated carbocycles. The van der Waals surface area contributed by atoms with E-state index in [-0.39, 0.29) is 19.3 Å². The summed E-state index contributed by atoms with van der Waals surface area (Å²) in [5, 5.41) is 20.8. The molecule has 0 aliphatic rings. The predicted octanol–water partition coefficient (Wildman–Crippen LogP) is 0.754. The second-order valence-corrected chi connectivity index (χ2v) is 4.10. The van der Waals surface area contributed by atoms with Crippen LogP contribution in [0.5, 0.6) is 0 Å². The van der Waals surface area contributed by atoms with Crippen molar-refractivity contribution in [3.05, 3.63) is 0 Å². The van der Waals surface area contributed by atoms with E-state index < -0.39 is 0 Å². The van der Waals surface area contributed by atoms with E-state index in [1.54, 1.807) is 0 Å². The summed E-state index contributed by atoms with van der Waals surface area (Å²) in [6.45, 7) is 6.48. The van der Waals surface area contributed by atoms with Gasteiger partial charge in [-0.15, -0.1) is 0 Å². The molecule has 0 saturated heterocycles. The van der Waals surface area contributed by atoms with Gasteiger partial charge in [-0.2, -0.15) is 0 Å². The third kappa shape index (κ3) is 6.99. The minimum absolute atomic E-state index is 0.00250. The highest BCUT2D eigenvalue weighted by Gasteiger charge is 2.09. The van der Waals surface area contributed by atoms with Crippen LogP contribution in [-0.2, 0) is 0 Å². The van der Waals surface area contributed by atoms with E-state index in [4.69, 9.17) is 10.2 Å². The molecular formula is C10H23NO2. The third-order valence-electron chi connectivity index (χ3n) is 2.14. The molecule has 0 aromatic rings. The van der Waals surface area contributed by atoms with Crippen molar-refractivity contribution >= 4 is 0 Å². The average molecular weight is 189 g/mol. The predicted molar refractivity (Wildman–Crippen MR) is 54.6 cm³/mol. The van der Waals surface area contributed by atoms with Gasteiger partial charge in [0.1, 0.15) is 0 Å². The highest BCUT2D eigenvalue weighted by Crippen LogP contribution is 2.06. The fourth-order valence-corrected chi connectivity index (χ4v) is 1.23. The summed E-state index contributed by atoms with van der Waals surface area (Å²) in [7, 11) is 0. The van der Waals surface area contributed by atoms with Gasteiger partial charge in [-0.05, 0) is 25.7 Å². The summed E-state index contributed by atoms with van der Waals surface area (Å²) in [6, 6.07) is 0.203. The summed E-state index contributed by atoms with van der Waals surface area (Å²) in [6.07, 6.45) is 2.27. The van der Waals surface area contributed by atoms with Crippen molar-refractivity contribution < 1.29 is 10.2 Å². The Labute approximate surface area is 81.2 Å². The maximum atomic E-state index is 8.83. The van der Waals surface area contributed by atoms with E-state index in [0.29, 0.717) is 12.0 Å². The summed E-state index contributed by atoms with van der Waals surface area (Å²) in [5.41, 5.74) is 0. The Bertz CT molecular complexity index is 113. The fourth-order valence-electron chi connectivity index (χ4n) is 1.23. The van der Waals surface area contributed by atoms with Gasteiger partial charge >= 0.3 is 0 Å². The van der Waals surface area contributed by atoms with Crippen LogP contribution in [0.15, 0.2) is 0 Å². The van der Waals surface area contributed by atoms with Crippen molar-refractivity contribution in [3.63, 3.8) is 0 Å². The SMILES string of the molecule is CC(C)CC[C@H](C)NC(CO)CO. The van der Waals surface area contributed by atoms with Crippen molar-refractivity contribution in [3.8, 4) is 0 Å². The Morgan fingerprint density at radius 3 is 1.92 bits per heavy atom. The Hall–Kier alpha value is -0.120. The zero-order chi connectivity index (χ0) is 10.3. The van der Waals surface area contributed by atoms with Gasteiger partial charge in [0.25, 0.3) is 0 Å². The molecule has 3 nitrogen and oxygen atoms in total. The Morgan fingerprint density at radius 1 is 1.00 bits per heavy atom. The van der Waals surface area contributed by atoms with Crippen molar-refractivity contribution in [2.24, 2.45) is 5.92 Å². The van der Waals surface area contributed by atoms with Gasteiger partial charge in [0.2, 0.25) is 0 Å². The maximum Gasteiger partial charge on any atom is 0.0607 e. The number of rotatable bonds is 7. The zero-order valence-corrected chi connectivity index (χ0v) is 8.95. The lowest BCUT2D eigenvalue weighted by atomic mass is 10.0. The molecule has 0 bridgehead atoms. The second kappa shape index (κ2) is 7.30. The topological polar surface area (TPSA) is 52.5 Å². The Morgan fingerprint density at radius 2 is 1.54 bits per heavy atom. The van der Waals surface area contributed by atoms with Crippen LogP contribution >= 0.6 is 0 Å². The van der Waals surface area contributed by atoms with E-state index in [9.17, 15) is 0 Å². The molecule has 80 valence electrons. The average Bonchev–Trinajstić information content (AvgIpc) is 2.10. The van der Waals surface area contributed by atoms with Crippen LogP contribution < -0.4 is 5.32 Å². The van der Waals surface area contributed by atoms with Crippen LogP contribution in [0.4, 0.5) is 0 Å². The molecule has 0 aliphatic heterocycles. The highest BCUT2D eigenvalue weighted by molar-refractivity contribution is 4.69. The van der Waals surface area contributed by atoms with Gasteiger partial charge in [-0.25, -0.2) is 0 Å². The van der Waals surface area contributed by atoms with Crippen LogP contribution in [0.25, 0.3) is 0 Å². The number of aliphatic hydroxyl groups is 2. The van der Waals surface area contributed by atoms with E-state index in [2.05, 4.69) is 26.1 Å². The fraction of sp³-hybridized carbons (Fsp3) is 1.00. The summed E-state index contributed by atoms with van der Waals surface area (Å²) < 4.78 is 0. The molecule has 0 rings (SSSR count). The zero-order valence-electron chi connectivity index (χ0n) is 8.95. The van der Waals surface area contributed by atoms with Gasteiger partial charge in [0.15, 0.2) is 0 Å². The molecule has 3 heteroatoms. The first kappa shape index (κ1) is 12.9. The number of aliphatic hydroxyl groups excluding tert-OH is 2. The van der Waals surface area contributed by atoms with Crippen LogP contribution in [0.2, 0.25) is 0 Å². The Kier molecular flexibility index (Phi) is 7.23. The minimum Gasteiger partial charge on any atom is -0.395 e. The second-order valence-electron chi connectivity index (χ2n) is 4.10. The molecule has 0 aromatic carbocycles.